The highest BCUT2D eigenvalue weighted by Crippen LogP contribution is 2.19. The quantitative estimate of drug-likeness (QED) is 0.773. The Kier molecular flexibility index (Phi) is 6.09. The number of imide groups is 1. The summed E-state index contributed by atoms with van der Waals surface area (Å²) >= 11 is 0. The van der Waals surface area contributed by atoms with Gasteiger partial charge in [-0.1, -0.05) is 42.5 Å². The highest BCUT2D eigenvalue weighted by molar-refractivity contribution is 5.94. The van der Waals surface area contributed by atoms with Crippen LogP contribution in [0.4, 0.5) is 4.79 Å². The lowest BCUT2D eigenvalue weighted by molar-refractivity contribution is -0.129. The Balaban J connectivity index is 1.60. The van der Waals surface area contributed by atoms with Crippen molar-refractivity contribution in [3.05, 3.63) is 71.3 Å². The molecule has 3 amide bonds. The van der Waals surface area contributed by atoms with E-state index in [1.807, 2.05) is 42.5 Å². The lowest BCUT2D eigenvalue weighted by Crippen LogP contribution is -2.40. The maximum Gasteiger partial charge on any atom is 0.416 e. The summed E-state index contributed by atoms with van der Waals surface area (Å²) in [6.45, 7) is 0.223. The molecule has 0 radical (unpaired) electrons. The predicted octanol–water partition coefficient (Wildman–Crippen LogP) is 2.91. The summed E-state index contributed by atoms with van der Waals surface area (Å²) < 4.78 is 5.11. The van der Waals surface area contributed by atoms with Gasteiger partial charge in [0.05, 0.1) is 6.04 Å². The summed E-state index contributed by atoms with van der Waals surface area (Å²) in [5.74, 6) is -0.303. The first kappa shape index (κ1) is 19.6. The average molecular weight is 380 g/mol. The van der Waals surface area contributed by atoms with E-state index in [9.17, 15) is 14.4 Å². The van der Waals surface area contributed by atoms with Gasteiger partial charge < -0.3 is 9.64 Å². The molecule has 6 heteroatoms. The average Bonchev–Trinajstić information content (AvgIpc) is 3.06. The molecule has 0 saturated carbocycles. The number of benzene rings is 2. The van der Waals surface area contributed by atoms with E-state index >= 15 is 0 Å². The van der Waals surface area contributed by atoms with E-state index < -0.39 is 6.09 Å². The molecule has 28 heavy (non-hydrogen) atoms. The van der Waals surface area contributed by atoms with E-state index in [1.54, 1.807) is 26.2 Å². The molecule has 6 nitrogen and oxygen atoms in total. The summed E-state index contributed by atoms with van der Waals surface area (Å²) in [5.41, 5.74) is 2.60. The summed E-state index contributed by atoms with van der Waals surface area (Å²) in [7, 11) is 3.41. The van der Waals surface area contributed by atoms with E-state index in [2.05, 4.69) is 0 Å². The fourth-order valence-corrected chi connectivity index (χ4v) is 3.25. The van der Waals surface area contributed by atoms with Crippen LogP contribution in [0, 0.1) is 0 Å². The van der Waals surface area contributed by atoms with Crippen molar-refractivity contribution in [2.75, 3.05) is 20.7 Å². The van der Waals surface area contributed by atoms with Crippen molar-refractivity contribution in [3.63, 3.8) is 0 Å². The van der Waals surface area contributed by atoms with Crippen LogP contribution in [0.5, 0.6) is 0 Å². The third-order valence-electron chi connectivity index (χ3n) is 4.78. The third kappa shape index (κ3) is 4.57. The van der Waals surface area contributed by atoms with Gasteiger partial charge in [0.1, 0.15) is 6.61 Å². The zero-order valence-electron chi connectivity index (χ0n) is 16.1. The minimum atomic E-state index is -0.571. The number of carbonyl (C=O) groups is 3. The summed E-state index contributed by atoms with van der Waals surface area (Å²) in [4.78, 5) is 39.4. The summed E-state index contributed by atoms with van der Waals surface area (Å²) in [5, 5.41) is 0. The lowest BCUT2D eigenvalue weighted by atomic mass is 10.0. The van der Waals surface area contributed by atoms with Gasteiger partial charge in [-0.2, -0.15) is 0 Å². The van der Waals surface area contributed by atoms with Crippen LogP contribution in [0.1, 0.15) is 27.9 Å². The number of hydrogen-bond acceptors (Lipinski definition) is 4. The fraction of sp³-hybridized carbons (Fsp3) is 0.318. The molecule has 0 unspecified atom stereocenters. The highest BCUT2D eigenvalue weighted by atomic mass is 16.6. The molecule has 1 aliphatic heterocycles. The van der Waals surface area contributed by atoms with Crippen molar-refractivity contribution in [2.24, 2.45) is 0 Å². The normalized spacial score (nSPS) is 16.0. The predicted molar refractivity (Wildman–Crippen MR) is 105 cm³/mol. The summed E-state index contributed by atoms with van der Waals surface area (Å²) in [6, 6.07) is 16.7. The molecule has 1 heterocycles. The molecule has 146 valence electrons. The van der Waals surface area contributed by atoms with Gasteiger partial charge in [-0.3, -0.25) is 9.59 Å². The second kappa shape index (κ2) is 8.69. The van der Waals surface area contributed by atoms with Crippen LogP contribution in [0.2, 0.25) is 0 Å². The number of aryl methyl sites for hydroxylation is 1. The van der Waals surface area contributed by atoms with Crippen LogP contribution in [0.15, 0.2) is 54.6 Å². The molecule has 3 rings (SSSR count). The van der Waals surface area contributed by atoms with Crippen LogP contribution in [-0.2, 0) is 22.4 Å². The SMILES string of the molecule is CN(C)C(=O)c1ccc(CCC(=O)N2C(=O)OC[C@H]2Cc2ccccc2)cc1. The van der Waals surface area contributed by atoms with E-state index in [1.165, 1.54) is 9.80 Å². The zero-order chi connectivity index (χ0) is 20.1. The van der Waals surface area contributed by atoms with Crippen molar-refractivity contribution in [1.29, 1.82) is 0 Å². The van der Waals surface area contributed by atoms with Gasteiger partial charge in [0.2, 0.25) is 5.91 Å². The smallest absolute Gasteiger partial charge is 0.416 e. The van der Waals surface area contributed by atoms with E-state index in [0.717, 1.165) is 11.1 Å². The minimum Gasteiger partial charge on any atom is -0.447 e. The fourth-order valence-electron chi connectivity index (χ4n) is 3.25. The van der Waals surface area contributed by atoms with Crippen molar-refractivity contribution in [3.8, 4) is 0 Å². The van der Waals surface area contributed by atoms with E-state index in [-0.39, 0.29) is 30.9 Å². The van der Waals surface area contributed by atoms with E-state index in [0.29, 0.717) is 18.4 Å². The van der Waals surface area contributed by atoms with Crippen LogP contribution in [0.3, 0.4) is 0 Å². The van der Waals surface area contributed by atoms with Crippen LogP contribution >= 0.6 is 0 Å². The number of amides is 3. The highest BCUT2D eigenvalue weighted by Gasteiger charge is 2.37. The third-order valence-corrected chi connectivity index (χ3v) is 4.78. The first-order valence-electron chi connectivity index (χ1n) is 9.29. The second-order valence-corrected chi connectivity index (χ2v) is 7.08. The van der Waals surface area contributed by atoms with Gasteiger partial charge in [0.15, 0.2) is 0 Å². The Morgan fingerprint density at radius 3 is 2.36 bits per heavy atom. The van der Waals surface area contributed by atoms with Crippen LogP contribution in [-0.4, -0.2) is 54.5 Å². The Labute approximate surface area is 164 Å². The number of nitrogens with zero attached hydrogens (tertiary/aromatic N) is 2. The first-order chi connectivity index (χ1) is 13.5. The van der Waals surface area contributed by atoms with Crippen molar-refractivity contribution in [1.82, 2.24) is 9.80 Å². The Hall–Kier alpha value is -3.15. The minimum absolute atomic E-state index is 0.0637. The summed E-state index contributed by atoms with van der Waals surface area (Å²) in [6.07, 6.45) is 0.718. The van der Waals surface area contributed by atoms with Gasteiger partial charge in [-0.05, 0) is 36.1 Å². The zero-order valence-corrected chi connectivity index (χ0v) is 16.1. The standard InChI is InChI=1S/C22H24N2O4/c1-23(2)21(26)18-11-8-16(9-12-18)10-13-20(25)24-19(15-28-22(24)27)14-17-6-4-3-5-7-17/h3-9,11-12,19H,10,13-15H2,1-2H3/t19-/m1/s1. The molecule has 1 aliphatic rings. The molecule has 1 saturated heterocycles. The number of cyclic esters (lactones) is 1. The van der Waals surface area contributed by atoms with Gasteiger partial charge in [0, 0.05) is 26.1 Å². The molecule has 0 N–H and O–H groups in total. The van der Waals surface area contributed by atoms with Crippen LogP contribution < -0.4 is 0 Å². The molecular weight excluding hydrogens is 356 g/mol. The molecule has 0 bridgehead atoms. The van der Waals surface area contributed by atoms with Crippen molar-refractivity contribution >= 4 is 17.9 Å². The maximum absolute atomic E-state index is 12.7. The number of ether oxygens (including phenoxy) is 1. The van der Waals surface area contributed by atoms with Crippen molar-refractivity contribution in [2.45, 2.75) is 25.3 Å². The van der Waals surface area contributed by atoms with Gasteiger partial charge >= 0.3 is 6.09 Å². The monoisotopic (exact) mass is 380 g/mol. The Morgan fingerprint density at radius 1 is 1.04 bits per heavy atom. The lowest BCUT2D eigenvalue weighted by Gasteiger charge is -2.19. The molecule has 0 aliphatic carbocycles. The van der Waals surface area contributed by atoms with Gasteiger partial charge in [-0.25, -0.2) is 9.69 Å². The second-order valence-electron chi connectivity index (χ2n) is 7.08. The topological polar surface area (TPSA) is 66.9 Å². The van der Waals surface area contributed by atoms with E-state index in [4.69, 9.17) is 4.74 Å². The Morgan fingerprint density at radius 2 is 1.71 bits per heavy atom. The molecule has 1 fully saturated rings. The maximum atomic E-state index is 12.7. The molecule has 0 spiro atoms. The Bertz CT molecular complexity index is 847. The largest absolute Gasteiger partial charge is 0.447 e. The molecule has 0 aromatic heterocycles. The molecule has 2 aromatic rings. The van der Waals surface area contributed by atoms with Crippen molar-refractivity contribution < 1.29 is 19.1 Å². The number of carbonyl (C=O) groups excluding carboxylic acids is 3. The van der Waals surface area contributed by atoms with Gasteiger partial charge in [0.25, 0.3) is 5.91 Å². The molecular formula is C22H24N2O4. The van der Waals surface area contributed by atoms with Gasteiger partial charge in [-0.15, -0.1) is 0 Å². The number of hydrogen-bond donors (Lipinski definition) is 0. The number of rotatable bonds is 6. The van der Waals surface area contributed by atoms with Crippen LogP contribution in [0.25, 0.3) is 0 Å². The molecule has 1 atom stereocenters. The first-order valence-corrected chi connectivity index (χ1v) is 9.29. The molecule has 2 aromatic carbocycles.